The Labute approximate surface area is 135 Å². The predicted octanol–water partition coefficient (Wildman–Crippen LogP) is 9.28. The van der Waals surface area contributed by atoms with Gasteiger partial charge in [0.15, 0.2) is 0 Å². The molecule has 0 heteroatoms. The van der Waals surface area contributed by atoms with Crippen LogP contribution in [0.2, 0.25) is 0 Å². The summed E-state index contributed by atoms with van der Waals surface area (Å²) >= 11 is 0. The largest absolute Gasteiger partial charge is 0.0776 e. The fourth-order valence-corrected chi connectivity index (χ4v) is 2.09. The second-order valence-corrected chi connectivity index (χ2v) is 4.89. The first-order valence-corrected chi connectivity index (χ1v) is 7.41. The molecule has 0 heterocycles. The minimum Gasteiger partial charge on any atom is -0.0776 e. The Morgan fingerprint density at radius 1 is 0.300 bits per heavy atom. The van der Waals surface area contributed by atoms with Crippen molar-refractivity contribution in [1.82, 2.24) is 0 Å². The number of hydrogen-bond donors (Lipinski definition) is 0. The van der Waals surface area contributed by atoms with Gasteiger partial charge in [-0.25, -0.2) is 0 Å². The summed E-state index contributed by atoms with van der Waals surface area (Å²) in [7, 11) is 0. The molecule has 0 N–H and O–H groups in total. The number of hydrogen-bond acceptors (Lipinski definition) is 0. The van der Waals surface area contributed by atoms with Crippen LogP contribution >= 0.6 is 0 Å². The van der Waals surface area contributed by atoms with E-state index < -0.39 is 0 Å². The lowest BCUT2D eigenvalue weighted by atomic mass is 10.1. The van der Waals surface area contributed by atoms with Gasteiger partial charge in [0.05, 0.1) is 0 Å². The highest BCUT2D eigenvalue weighted by atomic mass is 14.0. The van der Waals surface area contributed by atoms with E-state index in [0.717, 1.165) is 0 Å². The van der Waals surface area contributed by atoms with Gasteiger partial charge in [-0.2, -0.15) is 0 Å². The van der Waals surface area contributed by atoms with Gasteiger partial charge in [0.1, 0.15) is 0 Å². The molecule has 0 aromatic heterocycles. The van der Waals surface area contributed by atoms with E-state index in [0.29, 0.717) is 0 Å². The van der Waals surface area contributed by atoms with Crippen LogP contribution in [-0.4, -0.2) is 0 Å². The molecule has 0 saturated carbocycles. The van der Waals surface area contributed by atoms with Gasteiger partial charge in [-0.1, -0.05) is 134 Å². The van der Waals surface area contributed by atoms with E-state index >= 15 is 0 Å². The summed E-state index contributed by atoms with van der Waals surface area (Å²) in [4.78, 5) is 0. The van der Waals surface area contributed by atoms with E-state index in [1.165, 1.54) is 83.5 Å². The smallest absolute Gasteiger partial charge is 0.0533 e. The average molecular weight is 293 g/mol. The third kappa shape index (κ3) is 36.1. The van der Waals surface area contributed by atoms with Crippen LogP contribution in [0.4, 0.5) is 0 Å². The molecular weight excluding hydrogens is 240 g/mol. The lowest BCUT2D eigenvalue weighted by molar-refractivity contribution is 0.542. The first-order chi connectivity index (χ1) is 7.41. The van der Waals surface area contributed by atoms with E-state index in [4.69, 9.17) is 0 Å². The third-order valence-corrected chi connectivity index (χ3v) is 3.21. The molecule has 0 saturated heterocycles. The lowest BCUT2D eigenvalue weighted by Gasteiger charge is -2.01. The molecule has 132 valence electrons. The summed E-state index contributed by atoms with van der Waals surface area (Å²) in [6.07, 6.45) is 18.9. The Hall–Kier alpha value is 0. The molecule has 0 spiro atoms. The van der Waals surface area contributed by atoms with Crippen LogP contribution in [0.3, 0.4) is 0 Å². The molecule has 0 bridgehead atoms. The number of unbranched alkanes of at least 4 members (excludes halogenated alkanes) is 12. The highest BCUT2D eigenvalue weighted by Crippen LogP contribution is 2.12. The summed E-state index contributed by atoms with van der Waals surface area (Å²) in [5, 5.41) is 0. The van der Waals surface area contributed by atoms with Crippen molar-refractivity contribution in [1.29, 1.82) is 0 Å². The second kappa shape index (κ2) is 36.4. The second-order valence-electron chi connectivity index (χ2n) is 4.89. The third-order valence-electron chi connectivity index (χ3n) is 3.21. The highest BCUT2D eigenvalue weighted by Gasteiger charge is 1.92. The maximum atomic E-state index is 2.29. The zero-order chi connectivity index (χ0) is 11.2. The Morgan fingerprint density at radius 3 is 0.600 bits per heavy atom. The van der Waals surface area contributed by atoms with Gasteiger partial charge in [0, 0.05) is 0 Å². The van der Waals surface area contributed by atoms with Crippen LogP contribution in [0.1, 0.15) is 134 Å². The molecule has 0 atom stereocenters. The SMILES string of the molecule is C.C.C.C.C.CCCCCCCCCCCCCCC. The standard InChI is InChI=1S/C15H32.5CH4/c1-3-5-7-9-11-13-15-14-12-10-8-6-4-2;;;;;/h3-15H2,1-2H3;5*1H4. The van der Waals surface area contributed by atoms with Crippen molar-refractivity contribution in [2.45, 2.75) is 134 Å². The van der Waals surface area contributed by atoms with Crippen LogP contribution in [-0.2, 0) is 0 Å². The Balaban J connectivity index is -0.0000000980. The minimum absolute atomic E-state index is 0. The quantitative estimate of drug-likeness (QED) is 0.314. The molecule has 20 heavy (non-hydrogen) atoms. The van der Waals surface area contributed by atoms with Gasteiger partial charge in [-0.3, -0.25) is 0 Å². The van der Waals surface area contributed by atoms with E-state index in [9.17, 15) is 0 Å². The molecule has 0 aliphatic carbocycles. The zero-order valence-electron chi connectivity index (χ0n) is 11.2. The van der Waals surface area contributed by atoms with Crippen molar-refractivity contribution in [2.75, 3.05) is 0 Å². The highest BCUT2D eigenvalue weighted by molar-refractivity contribution is 4.47. The molecule has 0 rings (SSSR count). The van der Waals surface area contributed by atoms with E-state index in [1.807, 2.05) is 0 Å². The van der Waals surface area contributed by atoms with E-state index in [2.05, 4.69) is 13.8 Å². The minimum atomic E-state index is 0. The van der Waals surface area contributed by atoms with Crippen molar-refractivity contribution in [2.24, 2.45) is 0 Å². The van der Waals surface area contributed by atoms with E-state index in [1.54, 1.807) is 0 Å². The van der Waals surface area contributed by atoms with Crippen molar-refractivity contribution in [3.63, 3.8) is 0 Å². The Bertz CT molecular complexity index is 84.2. The molecule has 0 fully saturated rings. The monoisotopic (exact) mass is 292 g/mol. The Kier molecular flexibility index (Phi) is 67.1. The molecule has 0 radical (unpaired) electrons. The molecular formula is C20H52. The fourth-order valence-electron chi connectivity index (χ4n) is 2.09. The molecule has 0 aliphatic rings. The van der Waals surface area contributed by atoms with Crippen molar-refractivity contribution in [3.8, 4) is 0 Å². The normalized spacial score (nSPS) is 8.10. The van der Waals surface area contributed by atoms with Gasteiger partial charge in [-0.15, -0.1) is 0 Å². The van der Waals surface area contributed by atoms with Crippen molar-refractivity contribution in [3.05, 3.63) is 0 Å². The number of rotatable bonds is 12. The maximum Gasteiger partial charge on any atom is -0.0533 e. The Morgan fingerprint density at radius 2 is 0.450 bits per heavy atom. The van der Waals surface area contributed by atoms with Gasteiger partial charge < -0.3 is 0 Å². The summed E-state index contributed by atoms with van der Waals surface area (Å²) in [5.74, 6) is 0. The molecule has 0 aromatic carbocycles. The summed E-state index contributed by atoms with van der Waals surface area (Å²) < 4.78 is 0. The van der Waals surface area contributed by atoms with E-state index in [-0.39, 0.29) is 37.1 Å². The summed E-state index contributed by atoms with van der Waals surface area (Å²) in [6.45, 7) is 4.58. The van der Waals surface area contributed by atoms with Crippen LogP contribution in [0, 0.1) is 0 Å². The van der Waals surface area contributed by atoms with Crippen LogP contribution in [0.15, 0.2) is 0 Å². The van der Waals surface area contributed by atoms with Crippen LogP contribution < -0.4 is 0 Å². The average Bonchev–Trinajstić information content (AvgIpc) is 2.26. The topological polar surface area (TPSA) is 0 Å². The first kappa shape index (κ1) is 36.8. The van der Waals surface area contributed by atoms with Crippen LogP contribution in [0.5, 0.6) is 0 Å². The zero-order valence-corrected chi connectivity index (χ0v) is 11.2. The van der Waals surface area contributed by atoms with Gasteiger partial charge in [0.25, 0.3) is 0 Å². The van der Waals surface area contributed by atoms with Gasteiger partial charge in [-0.05, 0) is 0 Å². The lowest BCUT2D eigenvalue weighted by Crippen LogP contribution is -1.82. The summed E-state index contributed by atoms with van der Waals surface area (Å²) in [5.41, 5.74) is 0. The molecule has 0 nitrogen and oxygen atoms in total. The summed E-state index contributed by atoms with van der Waals surface area (Å²) in [6, 6.07) is 0. The van der Waals surface area contributed by atoms with Gasteiger partial charge in [0.2, 0.25) is 0 Å². The predicted molar refractivity (Wildman–Crippen MR) is 105 cm³/mol. The molecule has 0 unspecified atom stereocenters. The fraction of sp³-hybridized carbons (Fsp3) is 1.00. The van der Waals surface area contributed by atoms with Crippen molar-refractivity contribution >= 4 is 0 Å². The molecule has 0 aromatic rings. The maximum absolute atomic E-state index is 2.29. The van der Waals surface area contributed by atoms with Gasteiger partial charge >= 0.3 is 0 Å². The molecule has 0 aliphatic heterocycles. The van der Waals surface area contributed by atoms with Crippen LogP contribution in [0.25, 0.3) is 0 Å². The molecule has 0 amide bonds. The first-order valence-electron chi connectivity index (χ1n) is 7.41. The van der Waals surface area contributed by atoms with Crippen molar-refractivity contribution < 1.29 is 0 Å².